The van der Waals surface area contributed by atoms with E-state index in [9.17, 15) is 9.59 Å². The third-order valence-electron chi connectivity index (χ3n) is 2.40. The number of hydrogen-bond donors (Lipinski definition) is 0. The summed E-state index contributed by atoms with van der Waals surface area (Å²) in [7, 11) is 1.29. The Morgan fingerprint density at radius 2 is 2.14 bits per heavy atom. The van der Waals surface area contributed by atoms with E-state index in [1.807, 2.05) is 6.92 Å². The van der Waals surface area contributed by atoms with E-state index in [4.69, 9.17) is 0 Å². The molecule has 1 heterocycles. The van der Waals surface area contributed by atoms with Crippen molar-refractivity contribution in [2.75, 3.05) is 13.7 Å². The zero-order valence-electron chi connectivity index (χ0n) is 8.53. The fourth-order valence-electron chi connectivity index (χ4n) is 1.56. The molecule has 0 radical (unpaired) electrons. The lowest BCUT2D eigenvalue weighted by Gasteiger charge is -2.19. The van der Waals surface area contributed by atoms with Gasteiger partial charge in [0.2, 0.25) is 5.91 Å². The average Bonchev–Trinajstić information content (AvgIpc) is 2.60. The molecule has 1 aliphatic rings. The molecule has 0 aliphatic carbocycles. The van der Waals surface area contributed by atoms with Gasteiger partial charge in [-0.2, -0.15) is 0 Å². The fourth-order valence-corrected chi connectivity index (χ4v) is 1.56. The predicted octanol–water partition coefficient (Wildman–Crippen LogP) is 0.726. The van der Waals surface area contributed by atoms with Crippen molar-refractivity contribution in [3.05, 3.63) is 12.2 Å². The van der Waals surface area contributed by atoms with Crippen LogP contribution in [0.5, 0.6) is 0 Å². The number of rotatable bonds is 2. The number of carbonyl (C=O) groups excluding carboxylic acids is 2. The van der Waals surface area contributed by atoms with Gasteiger partial charge in [-0.15, -0.1) is 0 Å². The Labute approximate surface area is 83.5 Å². The molecule has 1 rings (SSSR count). The molecule has 0 aromatic rings. The van der Waals surface area contributed by atoms with Crippen LogP contribution >= 0.6 is 0 Å². The summed E-state index contributed by atoms with van der Waals surface area (Å²) in [4.78, 5) is 24.0. The highest BCUT2D eigenvalue weighted by molar-refractivity contribution is 5.94. The van der Waals surface area contributed by atoms with E-state index in [-0.39, 0.29) is 11.9 Å². The van der Waals surface area contributed by atoms with Crippen LogP contribution in [0.15, 0.2) is 12.2 Å². The third-order valence-corrected chi connectivity index (χ3v) is 2.40. The van der Waals surface area contributed by atoms with E-state index in [0.29, 0.717) is 0 Å². The lowest BCUT2D eigenvalue weighted by atomic mass is 10.2. The van der Waals surface area contributed by atoms with Crippen LogP contribution in [0.4, 0.5) is 0 Å². The van der Waals surface area contributed by atoms with Gasteiger partial charge in [0.05, 0.1) is 7.11 Å². The molecule has 4 heteroatoms. The number of hydrogen-bond acceptors (Lipinski definition) is 3. The number of esters is 1. The summed E-state index contributed by atoms with van der Waals surface area (Å²) >= 11 is 0. The van der Waals surface area contributed by atoms with Crippen LogP contribution in [-0.2, 0) is 14.3 Å². The van der Waals surface area contributed by atoms with Gasteiger partial charge in [0.15, 0.2) is 0 Å². The van der Waals surface area contributed by atoms with Crippen molar-refractivity contribution in [3.8, 4) is 0 Å². The number of ether oxygens (including phenoxy) is 1. The number of nitrogens with zero attached hydrogens (tertiary/aromatic N) is 1. The van der Waals surface area contributed by atoms with E-state index in [1.165, 1.54) is 13.2 Å². The van der Waals surface area contributed by atoms with Crippen molar-refractivity contribution in [2.24, 2.45) is 0 Å². The second-order valence-electron chi connectivity index (χ2n) is 3.38. The zero-order chi connectivity index (χ0) is 10.6. The summed E-state index contributed by atoms with van der Waals surface area (Å²) in [6.45, 7) is 2.79. The molecule has 1 amide bonds. The first kappa shape index (κ1) is 10.8. The third kappa shape index (κ3) is 2.58. The molecular weight excluding hydrogens is 182 g/mol. The predicted molar refractivity (Wildman–Crippen MR) is 51.6 cm³/mol. The van der Waals surface area contributed by atoms with Crippen molar-refractivity contribution in [1.29, 1.82) is 0 Å². The molecule has 0 aromatic heterocycles. The summed E-state index contributed by atoms with van der Waals surface area (Å²) in [6, 6.07) is 0.282. The molecule has 1 fully saturated rings. The zero-order valence-corrected chi connectivity index (χ0v) is 8.53. The van der Waals surface area contributed by atoms with Crippen LogP contribution in [-0.4, -0.2) is 36.5 Å². The summed E-state index contributed by atoms with van der Waals surface area (Å²) in [6.07, 6.45) is 4.51. The molecule has 1 saturated heterocycles. The van der Waals surface area contributed by atoms with Crippen molar-refractivity contribution < 1.29 is 14.3 Å². The summed E-state index contributed by atoms with van der Waals surface area (Å²) in [5.74, 6) is -0.606. The van der Waals surface area contributed by atoms with Crippen molar-refractivity contribution >= 4 is 11.9 Å². The quantitative estimate of drug-likeness (QED) is 0.484. The molecule has 4 nitrogen and oxygen atoms in total. The molecular formula is C10H15NO3. The van der Waals surface area contributed by atoms with Crippen molar-refractivity contribution in [3.63, 3.8) is 0 Å². The number of carbonyl (C=O) groups is 2. The van der Waals surface area contributed by atoms with Crippen LogP contribution < -0.4 is 0 Å². The maximum Gasteiger partial charge on any atom is 0.330 e. The standard InChI is InChI=1S/C10H15NO3/c1-8-4-3-7-11(8)9(12)5-6-10(13)14-2/h5-6,8H,3-4,7H2,1-2H3/b6-5+/t8-/m0/s1. The fraction of sp³-hybridized carbons (Fsp3) is 0.600. The summed E-state index contributed by atoms with van der Waals surface area (Å²) in [5, 5.41) is 0. The Hall–Kier alpha value is -1.32. The Morgan fingerprint density at radius 3 is 2.64 bits per heavy atom. The second kappa shape index (κ2) is 4.79. The lowest BCUT2D eigenvalue weighted by Crippen LogP contribution is -2.32. The Balaban J connectivity index is 2.49. The monoisotopic (exact) mass is 197 g/mol. The van der Waals surface area contributed by atoms with Gasteiger partial charge < -0.3 is 9.64 Å². The SMILES string of the molecule is COC(=O)/C=C/C(=O)N1CCC[C@@H]1C. The minimum absolute atomic E-state index is 0.111. The van der Waals surface area contributed by atoms with E-state index < -0.39 is 5.97 Å². The first-order chi connectivity index (χ1) is 6.65. The second-order valence-corrected chi connectivity index (χ2v) is 3.38. The molecule has 0 saturated carbocycles. The Morgan fingerprint density at radius 1 is 1.43 bits per heavy atom. The van der Waals surface area contributed by atoms with Crippen LogP contribution in [0.2, 0.25) is 0 Å². The summed E-state index contributed by atoms with van der Waals surface area (Å²) in [5.41, 5.74) is 0. The first-order valence-corrected chi connectivity index (χ1v) is 4.71. The molecule has 1 aliphatic heterocycles. The van der Waals surface area contributed by atoms with Gasteiger partial charge in [0.25, 0.3) is 0 Å². The highest BCUT2D eigenvalue weighted by Gasteiger charge is 2.23. The van der Waals surface area contributed by atoms with Crippen LogP contribution in [0.1, 0.15) is 19.8 Å². The van der Waals surface area contributed by atoms with Gasteiger partial charge in [-0.25, -0.2) is 4.79 Å². The van der Waals surface area contributed by atoms with Gasteiger partial charge in [0.1, 0.15) is 0 Å². The van der Waals surface area contributed by atoms with Crippen molar-refractivity contribution in [2.45, 2.75) is 25.8 Å². The molecule has 0 N–H and O–H groups in total. The first-order valence-electron chi connectivity index (χ1n) is 4.71. The maximum absolute atomic E-state index is 11.5. The van der Waals surface area contributed by atoms with Crippen molar-refractivity contribution in [1.82, 2.24) is 4.90 Å². The molecule has 14 heavy (non-hydrogen) atoms. The number of amides is 1. The van der Waals surface area contributed by atoms with E-state index >= 15 is 0 Å². The Bertz CT molecular complexity index is 260. The normalized spacial score (nSPS) is 21.6. The van der Waals surface area contributed by atoms with Gasteiger partial charge >= 0.3 is 5.97 Å². The van der Waals surface area contributed by atoms with Gasteiger partial charge in [-0.1, -0.05) is 0 Å². The molecule has 0 bridgehead atoms. The topological polar surface area (TPSA) is 46.6 Å². The van der Waals surface area contributed by atoms with Gasteiger partial charge in [-0.05, 0) is 19.8 Å². The Kier molecular flexibility index (Phi) is 3.68. The molecule has 0 spiro atoms. The minimum atomic E-state index is -0.495. The van der Waals surface area contributed by atoms with Crippen LogP contribution in [0, 0.1) is 0 Å². The average molecular weight is 197 g/mol. The molecule has 0 unspecified atom stereocenters. The smallest absolute Gasteiger partial charge is 0.330 e. The van der Waals surface area contributed by atoms with Gasteiger partial charge in [-0.3, -0.25) is 4.79 Å². The van der Waals surface area contributed by atoms with E-state index in [2.05, 4.69) is 4.74 Å². The van der Waals surface area contributed by atoms with Crippen LogP contribution in [0.25, 0.3) is 0 Å². The van der Waals surface area contributed by atoms with Gasteiger partial charge in [0, 0.05) is 24.7 Å². The molecule has 78 valence electrons. The summed E-state index contributed by atoms with van der Waals surface area (Å²) < 4.78 is 4.39. The maximum atomic E-state index is 11.5. The number of methoxy groups -OCH3 is 1. The minimum Gasteiger partial charge on any atom is -0.466 e. The molecule has 1 atom stereocenters. The highest BCUT2D eigenvalue weighted by Crippen LogP contribution is 2.16. The van der Waals surface area contributed by atoms with Crippen LogP contribution in [0.3, 0.4) is 0 Å². The highest BCUT2D eigenvalue weighted by atomic mass is 16.5. The lowest BCUT2D eigenvalue weighted by molar-refractivity contribution is -0.135. The largest absolute Gasteiger partial charge is 0.466 e. The van der Waals surface area contributed by atoms with E-state index in [0.717, 1.165) is 25.5 Å². The molecule has 0 aromatic carbocycles. The number of likely N-dealkylation sites (tertiary alicyclic amines) is 1. The van der Waals surface area contributed by atoms with E-state index in [1.54, 1.807) is 4.90 Å².